The summed E-state index contributed by atoms with van der Waals surface area (Å²) in [6.07, 6.45) is 0.539. The molecule has 1 saturated heterocycles. The number of hydrogen-bond acceptors (Lipinski definition) is 1. The fraction of sp³-hybridized carbons (Fsp3) is 0.400. The Hall–Kier alpha value is -1.03. The average molecular weight is 201 g/mol. The van der Waals surface area contributed by atoms with E-state index in [1.807, 2.05) is 0 Å². The first-order chi connectivity index (χ1) is 6.68. The second-order valence-electron chi connectivity index (χ2n) is 3.50. The third-order valence-corrected chi connectivity index (χ3v) is 2.56. The van der Waals surface area contributed by atoms with Gasteiger partial charge in [-0.25, -0.2) is 8.78 Å². The van der Waals surface area contributed by atoms with Gasteiger partial charge in [-0.05, 0) is 18.1 Å². The van der Waals surface area contributed by atoms with Gasteiger partial charge in [0, 0.05) is 19.0 Å². The molecule has 0 radical (unpaired) electrons. The maximum atomic E-state index is 13.3. The van der Waals surface area contributed by atoms with Crippen molar-refractivity contribution >= 4 is 0 Å². The van der Waals surface area contributed by atoms with E-state index in [2.05, 4.69) is 0 Å². The first kappa shape index (κ1) is 9.52. The third kappa shape index (κ3) is 1.62. The van der Waals surface area contributed by atoms with Crippen LogP contribution in [0.2, 0.25) is 0 Å². The van der Waals surface area contributed by atoms with Crippen molar-refractivity contribution in [2.24, 2.45) is 0 Å². The lowest BCUT2D eigenvalue weighted by atomic mass is 9.98. The Labute approximate surface area is 80.1 Å². The van der Waals surface area contributed by atoms with Crippen LogP contribution in [0, 0.1) is 11.6 Å². The third-order valence-electron chi connectivity index (χ3n) is 2.56. The zero-order chi connectivity index (χ0) is 10.1. The van der Waals surface area contributed by atoms with Crippen molar-refractivity contribution in [1.29, 1.82) is 0 Å². The minimum Gasteiger partial charge on any atom is -0.204 e. The number of rotatable bonds is 1. The Kier molecular flexibility index (Phi) is 2.46. The molecule has 0 saturated carbocycles. The summed E-state index contributed by atoms with van der Waals surface area (Å²) >= 11 is 0. The average Bonchev–Trinajstić information content (AvgIpc) is 2.57. The molecule has 1 heterocycles. The van der Waals surface area contributed by atoms with Crippen molar-refractivity contribution in [1.82, 2.24) is 5.12 Å². The van der Waals surface area contributed by atoms with E-state index < -0.39 is 11.6 Å². The number of halogens is 3. The monoisotopic (exact) mass is 201 g/mol. The standard InChI is InChI=1S/C10H10F3N/c11-9-3-1-2-8(10(9)12)7-4-5-14(13)6-7/h1-3,7H,4-6H2/t7-/m1/s1. The highest BCUT2D eigenvalue weighted by Gasteiger charge is 2.26. The molecule has 0 N–H and O–H groups in total. The van der Waals surface area contributed by atoms with Crippen LogP contribution in [-0.4, -0.2) is 18.2 Å². The molecule has 2 rings (SSSR count). The van der Waals surface area contributed by atoms with E-state index in [0.717, 1.165) is 6.07 Å². The molecule has 1 aromatic carbocycles. The van der Waals surface area contributed by atoms with Crippen LogP contribution in [0.15, 0.2) is 18.2 Å². The molecule has 0 spiro atoms. The molecule has 1 fully saturated rings. The molecule has 1 aromatic rings. The lowest BCUT2D eigenvalue weighted by Gasteiger charge is -2.10. The molecule has 1 aliphatic heterocycles. The molecule has 0 aliphatic carbocycles. The predicted octanol–water partition coefficient (Wildman–Crippen LogP) is 2.64. The maximum Gasteiger partial charge on any atom is 0.162 e. The number of hydrogen-bond donors (Lipinski definition) is 0. The molecule has 1 nitrogen and oxygen atoms in total. The summed E-state index contributed by atoms with van der Waals surface area (Å²) in [6, 6.07) is 4.04. The Balaban J connectivity index is 2.28. The lowest BCUT2D eigenvalue weighted by molar-refractivity contribution is 0.0554. The normalized spacial score (nSPS) is 22.9. The van der Waals surface area contributed by atoms with E-state index >= 15 is 0 Å². The first-order valence-electron chi connectivity index (χ1n) is 4.53. The van der Waals surface area contributed by atoms with Crippen LogP contribution < -0.4 is 0 Å². The van der Waals surface area contributed by atoms with Crippen molar-refractivity contribution in [3.63, 3.8) is 0 Å². The molecule has 0 unspecified atom stereocenters. The van der Waals surface area contributed by atoms with Crippen LogP contribution in [-0.2, 0) is 0 Å². The molecule has 1 aliphatic rings. The summed E-state index contributed by atoms with van der Waals surface area (Å²) in [7, 11) is 0. The Bertz CT molecular complexity index is 340. The molecular formula is C10H10F3N. The van der Waals surface area contributed by atoms with Crippen LogP contribution >= 0.6 is 0 Å². The fourth-order valence-electron chi connectivity index (χ4n) is 1.81. The molecule has 1 atom stereocenters. The van der Waals surface area contributed by atoms with Crippen molar-refractivity contribution in [3.05, 3.63) is 35.4 Å². The largest absolute Gasteiger partial charge is 0.204 e. The topological polar surface area (TPSA) is 3.24 Å². The molecule has 0 bridgehead atoms. The molecule has 0 aromatic heterocycles. The molecule has 4 heteroatoms. The molecule has 14 heavy (non-hydrogen) atoms. The SMILES string of the molecule is Fc1cccc([C@@H]2CCN(F)C2)c1F. The smallest absolute Gasteiger partial charge is 0.162 e. The minimum absolute atomic E-state index is 0.153. The fourth-order valence-corrected chi connectivity index (χ4v) is 1.81. The van der Waals surface area contributed by atoms with Crippen LogP contribution in [0.5, 0.6) is 0 Å². The quantitative estimate of drug-likeness (QED) is 0.631. The van der Waals surface area contributed by atoms with Gasteiger partial charge in [-0.2, -0.15) is 0 Å². The second kappa shape index (κ2) is 3.61. The minimum atomic E-state index is -0.861. The summed E-state index contributed by atoms with van der Waals surface area (Å²) in [5.74, 6) is -1.93. The molecule has 76 valence electrons. The Morgan fingerprint density at radius 2 is 2.07 bits per heavy atom. The van der Waals surface area contributed by atoms with E-state index in [1.165, 1.54) is 12.1 Å². The van der Waals surface area contributed by atoms with Crippen molar-refractivity contribution in [3.8, 4) is 0 Å². The van der Waals surface area contributed by atoms with Crippen molar-refractivity contribution in [2.45, 2.75) is 12.3 Å². The van der Waals surface area contributed by atoms with E-state index in [0.29, 0.717) is 18.1 Å². The lowest BCUT2D eigenvalue weighted by Crippen LogP contribution is -2.09. The molecular weight excluding hydrogens is 191 g/mol. The summed E-state index contributed by atoms with van der Waals surface area (Å²) in [5.41, 5.74) is 0.283. The van der Waals surface area contributed by atoms with Crippen molar-refractivity contribution < 1.29 is 13.3 Å². The van der Waals surface area contributed by atoms with Gasteiger partial charge in [0.1, 0.15) is 0 Å². The van der Waals surface area contributed by atoms with Gasteiger partial charge in [-0.3, -0.25) is 0 Å². The van der Waals surface area contributed by atoms with Gasteiger partial charge in [0.2, 0.25) is 0 Å². The zero-order valence-electron chi connectivity index (χ0n) is 7.51. The predicted molar refractivity (Wildman–Crippen MR) is 46.4 cm³/mol. The van der Waals surface area contributed by atoms with Gasteiger partial charge in [0.25, 0.3) is 0 Å². The van der Waals surface area contributed by atoms with Crippen LogP contribution in [0.1, 0.15) is 17.9 Å². The number of nitrogens with zero attached hydrogens (tertiary/aromatic N) is 1. The first-order valence-corrected chi connectivity index (χ1v) is 4.53. The van der Waals surface area contributed by atoms with Crippen LogP contribution in [0.25, 0.3) is 0 Å². The highest BCUT2D eigenvalue weighted by atomic mass is 19.2. The molecule has 0 amide bonds. The van der Waals surface area contributed by atoms with Crippen LogP contribution in [0.3, 0.4) is 0 Å². The van der Waals surface area contributed by atoms with Gasteiger partial charge in [-0.15, -0.1) is 9.60 Å². The van der Waals surface area contributed by atoms with E-state index in [-0.39, 0.29) is 18.0 Å². The Morgan fingerprint density at radius 1 is 1.29 bits per heavy atom. The second-order valence-corrected chi connectivity index (χ2v) is 3.50. The van der Waals surface area contributed by atoms with Gasteiger partial charge in [0.15, 0.2) is 11.6 Å². The maximum absolute atomic E-state index is 13.3. The summed E-state index contributed by atoms with van der Waals surface area (Å²) < 4.78 is 38.8. The van der Waals surface area contributed by atoms with Crippen LogP contribution in [0.4, 0.5) is 13.3 Å². The van der Waals surface area contributed by atoms with E-state index in [9.17, 15) is 13.3 Å². The summed E-state index contributed by atoms with van der Waals surface area (Å²) in [6.45, 7) is 0.445. The zero-order valence-corrected chi connectivity index (χ0v) is 7.51. The highest BCUT2D eigenvalue weighted by Crippen LogP contribution is 2.29. The number of benzene rings is 1. The Morgan fingerprint density at radius 3 is 2.71 bits per heavy atom. The van der Waals surface area contributed by atoms with E-state index in [1.54, 1.807) is 0 Å². The highest BCUT2D eigenvalue weighted by molar-refractivity contribution is 5.24. The summed E-state index contributed by atoms with van der Waals surface area (Å²) in [4.78, 5) is 0. The van der Waals surface area contributed by atoms with Gasteiger partial charge in [-0.1, -0.05) is 12.1 Å². The van der Waals surface area contributed by atoms with Gasteiger partial charge >= 0.3 is 0 Å². The summed E-state index contributed by atoms with van der Waals surface area (Å²) in [5, 5.41) is 0.634. The van der Waals surface area contributed by atoms with Gasteiger partial charge in [0.05, 0.1) is 0 Å². The van der Waals surface area contributed by atoms with Crippen molar-refractivity contribution in [2.75, 3.05) is 13.1 Å². The van der Waals surface area contributed by atoms with Gasteiger partial charge < -0.3 is 0 Å². The van der Waals surface area contributed by atoms with E-state index in [4.69, 9.17) is 0 Å².